The van der Waals surface area contributed by atoms with E-state index in [-0.39, 0.29) is 0 Å². The maximum atomic E-state index is 3.71. The molecule has 0 amide bonds. The first-order valence-electron chi connectivity index (χ1n) is 8.27. The van der Waals surface area contributed by atoms with Crippen LogP contribution in [0.15, 0.2) is 24.3 Å². The second kappa shape index (κ2) is 7.80. The summed E-state index contributed by atoms with van der Waals surface area (Å²) in [7, 11) is 2.27. The van der Waals surface area contributed by atoms with Crippen molar-refractivity contribution >= 4 is 0 Å². The maximum absolute atomic E-state index is 3.71. The molecule has 20 heavy (non-hydrogen) atoms. The molecule has 1 aromatic rings. The van der Waals surface area contributed by atoms with Crippen molar-refractivity contribution in [2.75, 3.05) is 20.1 Å². The normalized spacial score (nSPS) is 16.6. The van der Waals surface area contributed by atoms with Gasteiger partial charge in [-0.15, -0.1) is 0 Å². The number of aryl methyl sites for hydroxylation is 1. The molecule has 2 nitrogen and oxygen atoms in total. The zero-order valence-corrected chi connectivity index (χ0v) is 13.4. The molecular weight excluding hydrogens is 244 g/mol. The van der Waals surface area contributed by atoms with Gasteiger partial charge in [0.15, 0.2) is 0 Å². The summed E-state index contributed by atoms with van der Waals surface area (Å²) in [6.45, 7) is 6.70. The van der Waals surface area contributed by atoms with E-state index in [4.69, 9.17) is 0 Å². The Morgan fingerprint density at radius 2 is 1.85 bits per heavy atom. The highest BCUT2D eigenvalue weighted by atomic mass is 15.2. The Morgan fingerprint density at radius 3 is 2.40 bits per heavy atom. The Balaban J connectivity index is 1.99. The minimum Gasteiger partial charge on any atom is -0.309 e. The third-order valence-corrected chi connectivity index (χ3v) is 4.20. The van der Waals surface area contributed by atoms with Crippen LogP contribution in [0, 0.1) is 0 Å². The fraction of sp³-hybridized carbons (Fsp3) is 0.667. The largest absolute Gasteiger partial charge is 0.309 e. The second-order valence-corrected chi connectivity index (χ2v) is 6.17. The molecule has 0 aliphatic heterocycles. The van der Waals surface area contributed by atoms with Crippen LogP contribution in [0.25, 0.3) is 0 Å². The smallest absolute Gasteiger partial charge is 0.0449 e. The van der Waals surface area contributed by atoms with Gasteiger partial charge in [-0.1, -0.05) is 44.5 Å². The molecule has 1 unspecified atom stereocenters. The molecule has 1 aromatic carbocycles. The van der Waals surface area contributed by atoms with Gasteiger partial charge in [-0.25, -0.2) is 0 Å². The number of likely N-dealkylation sites (N-methyl/N-ethyl adjacent to an activating group) is 1. The fourth-order valence-corrected chi connectivity index (χ4v) is 2.76. The maximum Gasteiger partial charge on any atom is 0.0449 e. The molecule has 0 saturated heterocycles. The van der Waals surface area contributed by atoms with E-state index in [1.54, 1.807) is 0 Å². The van der Waals surface area contributed by atoms with Crippen LogP contribution in [0.3, 0.4) is 0 Å². The molecule has 112 valence electrons. The van der Waals surface area contributed by atoms with Crippen LogP contribution in [0.5, 0.6) is 0 Å². The Morgan fingerprint density at radius 1 is 1.15 bits per heavy atom. The standard InChI is InChI=1S/C18H30N2/c1-4-6-15-7-9-16(10-8-15)18(19-13-5-2)14-20(3)17-11-12-17/h7-10,17-19H,4-6,11-14H2,1-3H3. The van der Waals surface area contributed by atoms with Crippen LogP contribution >= 0.6 is 0 Å². The van der Waals surface area contributed by atoms with Gasteiger partial charge < -0.3 is 10.2 Å². The highest BCUT2D eigenvalue weighted by molar-refractivity contribution is 5.25. The predicted octanol–water partition coefficient (Wildman–Crippen LogP) is 3.77. The fourth-order valence-electron chi connectivity index (χ4n) is 2.76. The highest BCUT2D eigenvalue weighted by Gasteiger charge is 2.27. The summed E-state index contributed by atoms with van der Waals surface area (Å²) in [5.41, 5.74) is 2.90. The predicted molar refractivity (Wildman–Crippen MR) is 87.1 cm³/mol. The van der Waals surface area contributed by atoms with Crippen molar-refractivity contribution in [3.05, 3.63) is 35.4 Å². The minimum atomic E-state index is 0.469. The van der Waals surface area contributed by atoms with Gasteiger partial charge in [-0.05, 0) is 50.4 Å². The summed E-state index contributed by atoms with van der Waals surface area (Å²) >= 11 is 0. The Hall–Kier alpha value is -0.860. The number of hydrogen-bond donors (Lipinski definition) is 1. The van der Waals surface area contributed by atoms with Crippen molar-refractivity contribution in [1.29, 1.82) is 0 Å². The summed E-state index contributed by atoms with van der Waals surface area (Å²) in [5, 5.41) is 3.71. The number of hydrogen-bond acceptors (Lipinski definition) is 2. The first kappa shape index (κ1) is 15.5. The first-order valence-corrected chi connectivity index (χ1v) is 8.27. The molecule has 0 aromatic heterocycles. The van der Waals surface area contributed by atoms with Gasteiger partial charge in [-0.2, -0.15) is 0 Å². The zero-order chi connectivity index (χ0) is 14.4. The summed E-state index contributed by atoms with van der Waals surface area (Å²) < 4.78 is 0. The van der Waals surface area contributed by atoms with Crippen molar-refractivity contribution in [2.45, 2.75) is 58.0 Å². The van der Waals surface area contributed by atoms with E-state index >= 15 is 0 Å². The van der Waals surface area contributed by atoms with E-state index in [1.165, 1.54) is 43.2 Å². The van der Waals surface area contributed by atoms with E-state index in [1.807, 2.05) is 0 Å². The average Bonchev–Trinajstić information content (AvgIpc) is 3.29. The zero-order valence-electron chi connectivity index (χ0n) is 13.4. The second-order valence-electron chi connectivity index (χ2n) is 6.17. The van der Waals surface area contributed by atoms with E-state index in [0.29, 0.717) is 6.04 Å². The van der Waals surface area contributed by atoms with E-state index in [2.05, 4.69) is 55.4 Å². The number of nitrogens with zero attached hydrogens (tertiary/aromatic N) is 1. The lowest BCUT2D eigenvalue weighted by Crippen LogP contribution is -2.34. The van der Waals surface area contributed by atoms with Crippen LogP contribution in [0.1, 0.15) is 56.7 Å². The van der Waals surface area contributed by atoms with Gasteiger partial charge in [0, 0.05) is 18.6 Å². The molecule has 1 atom stereocenters. The lowest BCUT2D eigenvalue weighted by atomic mass is 10.0. The molecular formula is C18H30N2. The van der Waals surface area contributed by atoms with Gasteiger partial charge in [0.25, 0.3) is 0 Å². The molecule has 2 heteroatoms. The topological polar surface area (TPSA) is 15.3 Å². The molecule has 0 radical (unpaired) electrons. The van der Waals surface area contributed by atoms with Crippen LogP contribution < -0.4 is 5.32 Å². The number of rotatable bonds is 9. The number of benzene rings is 1. The SMILES string of the molecule is CCCNC(CN(C)C1CC1)c1ccc(CCC)cc1. The Bertz CT molecular complexity index is 381. The third kappa shape index (κ3) is 4.60. The lowest BCUT2D eigenvalue weighted by molar-refractivity contribution is 0.281. The molecule has 1 saturated carbocycles. The van der Waals surface area contributed by atoms with E-state index < -0.39 is 0 Å². The summed E-state index contributed by atoms with van der Waals surface area (Å²) in [4.78, 5) is 2.52. The third-order valence-electron chi connectivity index (χ3n) is 4.20. The van der Waals surface area contributed by atoms with Crippen LogP contribution in [0.2, 0.25) is 0 Å². The van der Waals surface area contributed by atoms with Crippen molar-refractivity contribution < 1.29 is 0 Å². The number of nitrogens with one attached hydrogen (secondary N) is 1. The first-order chi connectivity index (χ1) is 9.74. The van der Waals surface area contributed by atoms with Crippen molar-refractivity contribution in [1.82, 2.24) is 10.2 Å². The molecule has 1 fully saturated rings. The Kier molecular flexibility index (Phi) is 6.06. The molecule has 1 aliphatic carbocycles. The summed E-state index contributed by atoms with van der Waals surface area (Å²) in [6.07, 6.45) is 6.37. The Labute approximate surface area is 124 Å². The monoisotopic (exact) mass is 274 g/mol. The van der Waals surface area contributed by atoms with Crippen molar-refractivity contribution in [2.24, 2.45) is 0 Å². The quantitative estimate of drug-likeness (QED) is 0.737. The molecule has 0 spiro atoms. The lowest BCUT2D eigenvalue weighted by Gasteiger charge is -2.25. The van der Waals surface area contributed by atoms with Gasteiger partial charge in [0.2, 0.25) is 0 Å². The molecule has 1 aliphatic rings. The van der Waals surface area contributed by atoms with Crippen molar-refractivity contribution in [3.8, 4) is 0 Å². The van der Waals surface area contributed by atoms with Gasteiger partial charge in [0.05, 0.1) is 0 Å². The van der Waals surface area contributed by atoms with E-state index in [9.17, 15) is 0 Å². The van der Waals surface area contributed by atoms with Crippen molar-refractivity contribution in [3.63, 3.8) is 0 Å². The van der Waals surface area contributed by atoms with Gasteiger partial charge in [0.1, 0.15) is 0 Å². The van der Waals surface area contributed by atoms with Crippen LogP contribution in [0.4, 0.5) is 0 Å². The van der Waals surface area contributed by atoms with E-state index in [0.717, 1.165) is 19.1 Å². The minimum absolute atomic E-state index is 0.469. The van der Waals surface area contributed by atoms with Crippen LogP contribution in [-0.2, 0) is 6.42 Å². The summed E-state index contributed by atoms with van der Waals surface area (Å²) in [5.74, 6) is 0. The molecule has 2 rings (SSSR count). The van der Waals surface area contributed by atoms with Gasteiger partial charge in [-0.3, -0.25) is 0 Å². The molecule has 0 bridgehead atoms. The summed E-state index contributed by atoms with van der Waals surface area (Å²) in [6, 6.07) is 10.5. The molecule has 1 N–H and O–H groups in total. The average molecular weight is 274 g/mol. The molecule has 0 heterocycles. The van der Waals surface area contributed by atoms with Gasteiger partial charge >= 0.3 is 0 Å². The highest BCUT2D eigenvalue weighted by Crippen LogP contribution is 2.27. The van der Waals surface area contributed by atoms with Crippen LogP contribution in [-0.4, -0.2) is 31.1 Å².